The lowest BCUT2D eigenvalue weighted by molar-refractivity contribution is -0.121. The molecule has 13 heteroatoms. The van der Waals surface area contributed by atoms with Gasteiger partial charge in [-0.15, -0.1) is 0 Å². The molecule has 0 unspecified atom stereocenters. The van der Waals surface area contributed by atoms with Gasteiger partial charge in [0.05, 0.1) is 17.4 Å². The lowest BCUT2D eigenvalue weighted by Crippen LogP contribution is -2.33. The van der Waals surface area contributed by atoms with Crippen LogP contribution in [0.4, 0.5) is 24.8 Å². The fourth-order valence-corrected chi connectivity index (χ4v) is 3.12. The Hall–Kier alpha value is -3.63. The first-order valence-electron chi connectivity index (χ1n) is 8.07. The van der Waals surface area contributed by atoms with Crippen LogP contribution in [-0.4, -0.2) is 31.1 Å². The number of benzene rings is 1. The zero-order valence-electron chi connectivity index (χ0n) is 14.8. The van der Waals surface area contributed by atoms with Crippen molar-refractivity contribution in [3.05, 3.63) is 54.6 Å². The molecule has 0 aliphatic carbocycles. The Morgan fingerprint density at radius 1 is 1.20 bits per heavy atom. The Morgan fingerprint density at radius 3 is 2.53 bits per heavy atom. The number of rotatable bonds is 7. The van der Waals surface area contributed by atoms with Crippen molar-refractivity contribution in [2.24, 2.45) is 0 Å². The molecule has 0 aliphatic rings. The molecule has 0 radical (unpaired) electrons. The number of hydrogen-bond acceptors (Lipinski definition) is 8. The van der Waals surface area contributed by atoms with Gasteiger partial charge in [-0.2, -0.15) is 23.4 Å². The van der Waals surface area contributed by atoms with Crippen LogP contribution in [-0.2, 0) is 10.0 Å². The molecule has 0 spiro atoms. The van der Waals surface area contributed by atoms with Crippen LogP contribution in [0.2, 0.25) is 0 Å². The third-order valence-corrected chi connectivity index (χ3v) is 4.88. The summed E-state index contributed by atoms with van der Waals surface area (Å²) in [6, 6.07) is 8.28. The second kappa shape index (κ2) is 8.39. The molecule has 30 heavy (non-hydrogen) atoms. The number of hydrogen-bond donors (Lipinski definition) is 2. The van der Waals surface area contributed by atoms with Gasteiger partial charge < -0.3 is 14.5 Å². The van der Waals surface area contributed by atoms with Crippen molar-refractivity contribution in [3.63, 3.8) is 0 Å². The first kappa shape index (κ1) is 21.1. The van der Waals surface area contributed by atoms with Crippen LogP contribution in [0.1, 0.15) is 5.56 Å². The lowest BCUT2D eigenvalue weighted by atomic mass is 10.3. The van der Waals surface area contributed by atoms with Gasteiger partial charge >= 0.3 is 6.18 Å². The molecule has 3 aromatic rings. The Labute approximate surface area is 168 Å². The molecule has 0 bridgehead atoms. The molecule has 156 valence electrons. The van der Waals surface area contributed by atoms with Crippen LogP contribution < -0.4 is 14.8 Å². The summed E-state index contributed by atoms with van der Waals surface area (Å²) in [6.45, 7) is -1.67. The van der Waals surface area contributed by atoms with Crippen LogP contribution in [0.3, 0.4) is 0 Å². The maximum absolute atomic E-state index is 12.2. The average molecular weight is 439 g/mol. The number of nitriles is 1. The Balaban J connectivity index is 1.75. The van der Waals surface area contributed by atoms with Crippen molar-refractivity contribution in [2.75, 3.05) is 11.9 Å². The Kier molecular flexibility index (Phi) is 5.90. The smallest absolute Gasteiger partial charge is 0.402 e. The summed E-state index contributed by atoms with van der Waals surface area (Å²) in [4.78, 5) is 7.69. The maximum Gasteiger partial charge on any atom is 0.402 e. The molecule has 2 aromatic heterocycles. The number of alkyl halides is 3. The van der Waals surface area contributed by atoms with E-state index in [4.69, 9.17) is 14.4 Å². The zero-order chi connectivity index (χ0) is 21.8. The first-order valence-corrected chi connectivity index (χ1v) is 9.55. The van der Waals surface area contributed by atoms with Gasteiger partial charge in [0.15, 0.2) is 5.75 Å². The second-order valence-electron chi connectivity index (χ2n) is 5.67. The molecule has 9 nitrogen and oxygen atoms in total. The number of nitrogens with zero attached hydrogens (tertiary/aromatic N) is 3. The Morgan fingerprint density at radius 2 is 1.93 bits per heavy atom. The minimum absolute atomic E-state index is 0.0352. The number of anilines is 2. The summed E-state index contributed by atoms with van der Waals surface area (Å²) in [5.41, 5.74) is 0.419. The van der Waals surface area contributed by atoms with E-state index in [0.29, 0.717) is 11.4 Å². The van der Waals surface area contributed by atoms with Crippen molar-refractivity contribution in [3.8, 4) is 17.7 Å². The van der Waals surface area contributed by atoms with E-state index in [1.807, 2.05) is 6.07 Å². The van der Waals surface area contributed by atoms with Crippen LogP contribution in [0, 0.1) is 11.3 Å². The summed E-state index contributed by atoms with van der Waals surface area (Å²) in [6.07, 6.45) is -0.758. The van der Waals surface area contributed by atoms with E-state index in [1.54, 1.807) is 0 Å². The van der Waals surface area contributed by atoms with Crippen LogP contribution >= 0.6 is 0 Å². The van der Waals surface area contributed by atoms with Gasteiger partial charge in [0.25, 0.3) is 0 Å². The van der Waals surface area contributed by atoms with E-state index >= 15 is 0 Å². The lowest BCUT2D eigenvalue weighted by Gasteiger charge is -2.11. The van der Waals surface area contributed by atoms with E-state index in [0.717, 1.165) is 12.1 Å². The van der Waals surface area contributed by atoms with Gasteiger partial charge in [-0.3, -0.25) is 0 Å². The van der Waals surface area contributed by atoms with E-state index in [2.05, 4.69) is 15.3 Å². The first-order chi connectivity index (χ1) is 14.2. The van der Waals surface area contributed by atoms with Gasteiger partial charge in [-0.05, 0) is 24.3 Å². The van der Waals surface area contributed by atoms with Crippen LogP contribution in [0.15, 0.2) is 58.4 Å². The molecular weight excluding hydrogens is 427 g/mol. The van der Waals surface area contributed by atoms with Crippen molar-refractivity contribution in [1.29, 1.82) is 5.26 Å². The summed E-state index contributed by atoms with van der Waals surface area (Å²) < 4.78 is 72.3. The highest BCUT2D eigenvalue weighted by molar-refractivity contribution is 7.89. The molecule has 0 saturated heterocycles. The molecule has 0 amide bonds. The van der Waals surface area contributed by atoms with E-state index in [9.17, 15) is 21.6 Å². The number of sulfonamides is 1. The standard InChI is InChI=1S/C17H12F3N5O4S/c18-17(19,20)10-23-30(26,27)14-3-1-12(2-4-14)24-16-22-8-11(7-21)15(25-16)29-13-5-6-28-9-13/h1-6,8-9,23H,10H2,(H,22,24,25). The molecule has 0 atom stereocenters. The van der Waals surface area contributed by atoms with Crippen molar-refractivity contribution >= 4 is 21.7 Å². The number of halogens is 3. The van der Waals surface area contributed by atoms with E-state index < -0.39 is 22.7 Å². The number of furan rings is 1. The minimum atomic E-state index is -4.67. The normalized spacial score (nSPS) is 11.7. The second-order valence-corrected chi connectivity index (χ2v) is 7.44. The minimum Gasteiger partial charge on any atom is -0.469 e. The van der Waals surface area contributed by atoms with Crippen molar-refractivity contribution in [1.82, 2.24) is 14.7 Å². The predicted molar refractivity (Wildman–Crippen MR) is 96.5 cm³/mol. The Bertz CT molecular complexity index is 1160. The van der Waals surface area contributed by atoms with Crippen molar-refractivity contribution < 1.29 is 30.7 Å². The van der Waals surface area contributed by atoms with Gasteiger partial charge in [0, 0.05) is 11.8 Å². The van der Waals surface area contributed by atoms with E-state index in [-0.39, 0.29) is 22.3 Å². The van der Waals surface area contributed by atoms with Gasteiger partial charge in [0.2, 0.25) is 21.9 Å². The predicted octanol–water partition coefficient (Wildman–Crippen LogP) is 3.32. The summed E-state index contributed by atoms with van der Waals surface area (Å²) in [5, 5.41) is 11.9. The fourth-order valence-electron chi connectivity index (χ4n) is 2.11. The number of nitrogens with one attached hydrogen (secondary N) is 2. The summed E-state index contributed by atoms with van der Waals surface area (Å²) in [7, 11) is -4.32. The summed E-state index contributed by atoms with van der Waals surface area (Å²) in [5.74, 6) is 0.322. The average Bonchev–Trinajstić information content (AvgIpc) is 3.20. The highest BCUT2D eigenvalue weighted by Gasteiger charge is 2.30. The van der Waals surface area contributed by atoms with Gasteiger partial charge in [-0.25, -0.2) is 18.1 Å². The molecule has 0 fully saturated rings. The monoisotopic (exact) mass is 439 g/mol. The SMILES string of the molecule is N#Cc1cnc(Nc2ccc(S(=O)(=O)NCC(F)(F)F)cc2)nc1Oc1ccoc1. The molecule has 1 aromatic carbocycles. The van der Waals surface area contributed by atoms with Gasteiger partial charge in [0.1, 0.15) is 24.4 Å². The third kappa shape index (κ3) is 5.46. The topological polar surface area (TPSA) is 130 Å². The van der Waals surface area contributed by atoms with Crippen LogP contribution in [0.5, 0.6) is 11.6 Å². The highest BCUT2D eigenvalue weighted by Crippen LogP contribution is 2.25. The fraction of sp³-hybridized carbons (Fsp3) is 0.118. The summed E-state index contributed by atoms with van der Waals surface area (Å²) >= 11 is 0. The third-order valence-electron chi connectivity index (χ3n) is 3.47. The maximum atomic E-state index is 12.2. The van der Waals surface area contributed by atoms with Gasteiger partial charge in [-0.1, -0.05) is 0 Å². The zero-order valence-corrected chi connectivity index (χ0v) is 15.7. The molecule has 0 saturated carbocycles. The highest BCUT2D eigenvalue weighted by atomic mass is 32.2. The van der Waals surface area contributed by atoms with E-state index in [1.165, 1.54) is 41.6 Å². The van der Waals surface area contributed by atoms with Crippen LogP contribution in [0.25, 0.3) is 0 Å². The quantitative estimate of drug-likeness (QED) is 0.573. The molecular formula is C17H12F3N5O4S. The molecule has 3 rings (SSSR count). The molecule has 2 N–H and O–H groups in total. The molecule has 2 heterocycles. The van der Waals surface area contributed by atoms with Crippen molar-refractivity contribution in [2.45, 2.75) is 11.1 Å². The number of aromatic nitrogens is 2. The largest absolute Gasteiger partial charge is 0.469 e. The molecule has 0 aliphatic heterocycles. The number of ether oxygens (including phenoxy) is 1.